The van der Waals surface area contributed by atoms with Crippen LogP contribution < -0.4 is 16.8 Å². The maximum absolute atomic E-state index is 10.5. The van der Waals surface area contributed by atoms with Gasteiger partial charge in [-0.3, -0.25) is 9.78 Å². The zero-order valence-electron chi connectivity index (χ0n) is 10.4. The maximum atomic E-state index is 10.5. The lowest BCUT2D eigenvalue weighted by Gasteiger charge is -2.11. The van der Waals surface area contributed by atoms with E-state index in [4.69, 9.17) is 16.2 Å². The summed E-state index contributed by atoms with van der Waals surface area (Å²) in [5.41, 5.74) is 13.4. The lowest BCUT2D eigenvalue weighted by atomic mass is 10.1. The summed E-state index contributed by atoms with van der Waals surface area (Å²) in [6.07, 6.45) is 1.73. The molecule has 0 aliphatic heterocycles. The number of nitrogens with zero attached hydrogens (tertiary/aromatic N) is 1. The Hall–Kier alpha value is -2.34. The van der Waals surface area contributed by atoms with Crippen LogP contribution in [0.1, 0.15) is 0 Å². The minimum Gasteiger partial charge on any atom is -0.397 e. The van der Waals surface area contributed by atoms with Gasteiger partial charge in [0.2, 0.25) is 5.91 Å². The highest BCUT2D eigenvalue weighted by Gasteiger charge is 2.04. The molecule has 1 heterocycles. The molecule has 100 valence electrons. The molecule has 0 fully saturated rings. The molecule has 1 aromatic carbocycles. The second-order valence-electron chi connectivity index (χ2n) is 4.04. The van der Waals surface area contributed by atoms with E-state index in [2.05, 4.69) is 10.3 Å². The molecule has 0 saturated carbocycles. The molecule has 1 amide bonds. The van der Waals surface area contributed by atoms with Gasteiger partial charge in [-0.15, -0.1) is 0 Å². The van der Waals surface area contributed by atoms with Crippen molar-refractivity contribution < 1.29 is 9.53 Å². The smallest absolute Gasteiger partial charge is 0.243 e. The van der Waals surface area contributed by atoms with Crippen LogP contribution in [0.2, 0.25) is 0 Å². The quantitative estimate of drug-likeness (QED) is 0.525. The van der Waals surface area contributed by atoms with Gasteiger partial charge in [-0.05, 0) is 24.3 Å². The molecule has 0 atom stereocenters. The van der Waals surface area contributed by atoms with Gasteiger partial charge in [0.1, 0.15) is 6.61 Å². The average Bonchev–Trinajstić information content (AvgIpc) is 2.41. The van der Waals surface area contributed by atoms with Gasteiger partial charge in [0, 0.05) is 18.1 Å². The number of pyridine rings is 1. The van der Waals surface area contributed by atoms with Crippen molar-refractivity contribution in [2.75, 3.05) is 30.8 Å². The molecular formula is C13H16N4O2. The monoisotopic (exact) mass is 260 g/mol. The Morgan fingerprint density at radius 1 is 1.37 bits per heavy atom. The summed E-state index contributed by atoms with van der Waals surface area (Å²) in [6, 6.07) is 7.54. The molecule has 6 nitrogen and oxygen atoms in total. The third-order valence-corrected chi connectivity index (χ3v) is 2.63. The lowest BCUT2D eigenvalue weighted by Crippen LogP contribution is -2.20. The number of hydrogen-bond donors (Lipinski definition) is 3. The van der Waals surface area contributed by atoms with Crippen molar-refractivity contribution in [1.29, 1.82) is 0 Å². The van der Waals surface area contributed by atoms with Gasteiger partial charge in [0.05, 0.1) is 23.5 Å². The number of fused-ring (bicyclic) bond motifs is 1. The molecule has 19 heavy (non-hydrogen) atoms. The van der Waals surface area contributed by atoms with Crippen LogP contribution in [0.4, 0.5) is 11.4 Å². The fourth-order valence-electron chi connectivity index (χ4n) is 1.76. The van der Waals surface area contributed by atoms with E-state index in [1.165, 1.54) is 0 Å². The second kappa shape index (κ2) is 6.01. The molecule has 0 aliphatic rings. The largest absolute Gasteiger partial charge is 0.397 e. The van der Waals surface area contributed by atoms with E-state index >= 15 is 0 Å². The standard InChI is InChI=1S/C13H16N4O2/c14-12(18)8-19-7-6-17-11-4-3-10-9(13(11)15)2-1-5-16-10/h1-5,17H,6-8,15H2,(H2,14,18). The predicted octanol–water partition coefficient (Wildman–Crippen LogP) is 0.731. The highest BCUT2D eigenvalue weighted by molar-refractivity contribution is 5.96. The summed E-state index contributed by atoms with van der Waals surface area (Å²) < 4.78 is 5.05. The van der Waals surface area contributed by atoms with Gasteiger partial charge < -0.3 is 21.5 Å². The number of ether oxygens (including phenoxy) is 1. The third-order valence-electron chi connectivity index (χ3n) is 2.63. The molecule has 1 aromatic heterocycles. The topological polar surface area (TPSA) is 103 Å². The fraction of sp³-hybridized carbons (Fsp3) is 0.231. The Kier molecular flexibility index (Phi) is 4.15. The van der Waals surface area contributed by atoms with Crippen molar-refractivity contribution in [3.63, 3.8) is 0 Å². The number of primary amides is 1. The molecule has 0 aliphatic carbocycles. The van der Waals surface area contributed by atoms with Crippen molar-refractivity contribution in [2.45, 2.75) is 0 Å². The highest BCUT2D eigenvalue weighted by atomic mass is 16.5. The van der Waals surface area contributed by atoms with Crippen molar-refractivity contribution in [3.8, 4) is 0 Å². The van der Waals surface area contributed by atoms with Crippen LogP contribution in [-0.2, 0) is 9.53 Å². The van der Waals surface area contributed by atoms with E-state index in [9.17, 15) is 4.79 Å². The number of aromatic nitrogens is 1. The molecule has 0 spiro atoms. The number of rotatable bonds is 6. The molecule has 5 N–H and O–H groups in total. The summed E-state index contributed by atoms with van der Waals surface area (Å²) in [7, 11) is 0. The minimum absolute atomic E-state index is 0.0706. The maximum Gasteiger partial charge on any atom is 0.243 e. The van der Waals surface area contributed by atoms with Gasteiger partial charge in [0.25, 0.3) is 0 Å². The first-order chi connectivity index (χ1) is 9.18. The minimum atomic E-state index is -0.476. The number of nitrogens with one attached hydrogen (secondary N) is 1. The van der Waals surface area contributed by atoms with Gasteiger partial charge in [-0.2, -0.15) is 0 Å². The van der Waals surface area contributed by atoms with Crippen LogP contribution in [0.15, 0.2) is 30.5 Å². The first kappa shape index (κ1) is 13.1. The van der Waals surface area contributed by atoms with E-state index < -0.39 is 5.91 Å². The Morgan fingerprint density at radius 2 is 2.21 bits per heavy atom. The van der Waals surface area contributed by atoms with Gasteiger partial charge in [-0.1, -0.05) is 0 Å². The molecule has 0 saturated heterocycles. The highest BCUT2D eigenvalue weighted by Crippen LogP contribution is 2.26. The third kappa shape index (κ3) is 3.32. The van der Waals surface area contributed by atoms with E-state index in [-0.39, 0.29) is 6.61 Å². The van der Waals surface area contributed by atoms with Gasteiger partial charge in [-0.25, -0.2) is 0 Å². The van der Waals surface area contributed by atoms with Crippen LogP contribution in [0.25, 0.3) is 10.9 Å². The van der Waals surface area contributed by atoms with Gasteiger partial charge in [0.15, 0.2) is 0 Å². The van der Waals surface area contributed by atoms with E-state index in [1.807, 2.05) is 24.3 Å². The summed E-state index contributed by atoms with van der Waals surface area (Å²) in [5, 5.41) is 4.06. The molecular weight excluding hydrogens is 244 g/mol. The molecule has 6 heteroatoms. The zero-order chi connectivity index (χ0) is 13.7. The van der Waals surface area contributed by atoms with E-state index in [0.717, 1.165) is 16.6 Å². The normalized spacial score (nSPS) is 10.5. The molecule has 0 radical (unpaired) electrons. The summed E-state index contributed by atoms with van der Waals surface area (Å²) in [4.78, 5) is 14.7. The molecule has 0 unspecified atom stereocenters. The number of amides is 1. The first-order valence-corrected chi connectivity index (χ1v) is 5.91. The van der Waals surface area contributed by atoms with Gasteiger partial charge >= 0.3 is 0 Å². The van der Waals surface area contributed by atoms with Crippen LogP contribution in [0.5, 0.6) is 0 Å². The predicted molar refractivity (Wildman–Crippen MR) is 74.7 cm³/mol. The van der Waals surface area contributed by atoms with E-state index in [1.54, 1.807) is 6.20 Å². The molecule has 2 aromatic rings. The molecule has 0 bridgehead atoms. The van der Waals surface area contributed by atoms with Crippen LogP contribution >= 0.6 is 0 Å². The van der Waals surface area contributed by atoms with Crippen LogP contribution in [0, 0.1) is 0 Å². The Bertz CT molecular complexity index is 586. The number of nitrogen functional groups attached to an aromatic ring is 1. The van der Waals surface area contributed by atoms with E-state index in [0.29, 0.717) is 18.8 Å². The Morgan fingerprint density at radius 3 is 3.00 bits per heavy atom. The summed E-state index contributed by atoms with van der Waals surface area (Å²) >= 11 is 0. The van der Waals surface area contributed by atoms with Crippen molar-refractivity contribution >= 4 is 28.2 Å². The van der Waals surface area contributed by atoms with Crippen molar-refractivity contribution in [3.05, 3.63) is 30.5 Å². The Labute approximate surface area is 110 Å². The second-order valence-corrected chi connectivity index (χ2v) is 4.04. The number of benzene rings is 1. The molecule has 2 rings (SSSR count). The lowest BCUT2D eigenvalue weighted by molar-refractivity contribution is -0.122. The average molecular weight is 260 g/mol. The number of hydrogen-bond acceptors (Lipinski definition) is 5. The van der Waals surface area contributed by atoms with Crippen LogP contribution in [-0.4, -0.2) is 30.6 Å². The SMILES string of the molecule is NC(=O)COCCNc1ccc2ncccc2c1N. The zero-order valence-corrected chi connectivity index (χ0v) is 10.4. The van der Waals surface area contributed by atoms with Crippen molar-refractivity contribution in [1.82, 2.24) is 4.98 Å². The fourth-order valence-corrected chi connectivity index (χ4v) is 1.76. The Balaban J connectivity index is 1.97. The van der Waals surface area contributed by atoms with Crippen LogP contribution in [0.3, 0.4) is 0 Å². The summed E-state index contributed by atoms with van der Waals surface area (Å²) in [5.74, 6) is -0.476. The number of anilines is 2. The van der Waals surface area contributed by atoms with Crippen molar-refractivity contribution in [2.24, 2.45) is 5.73 Å². The number of nitrogens with two attached hydrogens (primary N) is 2. The number of carbonyl (C=O) groups excluding carboxylic acids is 1. The number of carbonyl (C=O) groups is 1. The first-order valence-electron chi connectivity index (χ1n) is 5.91. The summed E-state index contributed by atoms with van der Waals surface area (Å²) in [6.45, 7) is 0.857.